The van der Waals surface area contributed by atoms with Crippen molar-refractivity contribution in [3.63, 3.8) is 0 Å². The number of aryl methyl sites for hydroxylation is 1. The van der Waals surface area contributed by atoms with Crippen LogP contribution in [0.1, 0.15) is 33.3 Å². The molecule has 1 rings (SSSR count). The molecule has 0 saturated carbocycles. The van der Waals surface area contributed by atoms with Crippen molar-refractivity contribution in [3.05, 3.63) is 18.0 Å². The number of methoxy groups -OCH3 is 1. The average Bonchev–Trinajstić information content (AvgIpc) is 2.79. The first kappa shape index (κ1) is 16.2. The summed E-state index contributed by atoms with van der Waals surface area (Å²) in [5, 5.41) is 7.84. The van der Waals surface area contributed by atoms with E-state index in [1.54, 1.807) is 7.11 Å². The molecule has 0 fully saturated rings. The van der Waals surface area contributed by atoms with Gasteiger partial charge in [-0.15, -0.1) is 0 Å². The zero-order chi connectivity index (χ0) is 14.3. The van der Waals surface area contributed by atoms with Gasteiger partial charge in [-0.05, 0) is 36.8 Å². The minimum atomic E-state index is 0.286. The van der Waals surface area contributed by atoms with Crippen LogP contribution in [0.15, 0.2) is 12.4 Å². The van der Waals surface area contributed by atoms with E-state index in [1.807, 2.05) is 10.9 Å². The van der Waals surface area contributed by atoms with E-state index in [0.717, 1.165) is 32.7 Å². The first-order valence-corrected chi connectivity index (χ1v) is 7.18. The molecule has 0 aliphatic rings. The lowest BCUT2D eigenvalue weighted by Gasteiger charge is -2.31. The van der Waals surface area contributed by atoms with Gasteiger partial charge in [0.05, 0.1) is 12.8 Å². The number of hydrogen-bond acceptors (Lipinski definition) is 3. The fraction of sp³-hybridized carbons (Fsp3) is 0.800. The number of ether oxygens (including phenoxy) is 1. The van der Waals surface area contributed by atoms with Crippen molar-refractivity contribution in [1.29, 1.82) is 0 Å². The number of aromatic nitrogens is 2. The highest BCUT2D eigenvalue weighted by molar-refractivity contribution is 5.06. The highest BCUT2D eigenvalue weighted by atomic mass is 16.5. The maximum absolute atomic E-state index is 5.07. The van der Waals surface area contributed by atoms with Crippen LogP contribution < -0.4 is 5.32 Å². The van der Waals surface area contributed by atoms with Gasteiger partial charge < -0.3 is 10.1 Å². The largest absolute Gasteiger partial charge is 0.383 e. The van der Waals surface area contributed by atoms with Crippen LogP contribution in [-0.2, 0) is 17.7 Å². The standard InChI is InChI=1S/C15H29N3O/c1-6-18-12-13(10-17-18)9-14(15(2,3)4)11-16-7-8-19-5/h10,12,14,16H,6-9,11H2,1-5H3. The molecule has 0 radical (unpaired) electrons. The molecule has 1 N–H and O–H groups in total. The van der Waals surface area contributed by atoms with E-state index in [0.29, 0.717) is 5.92 Å². The third-order valence-corrected chi connectivity index (χ3v) is 3.59. The topological polar surface area (TPSA) is 39.1 Å². The molecule has 110 valence electrons. The third-order valence-electron chi connectivity index (χ3n) is 3.59. The second-order valence-electron chi connectivity index (χ2n) is 6.17. The first-order valence-electron chi connectivity index (χ1n) is 7.18. The van der Waals surface area contributed by atoms with Gasteiger partial charge in [-0.1, -0.05) is 20.8 Å². The highest BCUT2D eigenvalue weighted by Gasteiger charge is 2.24. The van der Waals surface area contributed by atoms with Crippen LogP contribution in [-0.4, -0.2) is 36.6 Å². The molecule has 1 unspecified atom stereocenters. The highest BCUT2D eigenvalue weighted by Crippen LogP contribution is 2.28. The number of hydrogen-bond donors (Lipinski definition) is 1. The molecule has 0 aliphatic carbocycles. The van der Waals surface area contributed by atoms with Gasteiger partial charge in [0.1, 0.15) is 0 Å². The molecule has 0 amide bonds. The molecule has 1 aromatic rings. The summed E-state index contributed by atoms with van der Waals surface area (Å²) >= 11 is 0. The van der Waals surface area contributed by atoms with Crippen LogP contribution in [0.3, 0.4) is 0 Å². The van der Waals surface area contributed by atoms with Gasteiger partial charge in [0.2, 0.25) is 0 Å². The Morgan fingerprint density at radius 3 is 2.68 bits per heavy atom. The molecule has 4 heteroatoms. The Morgan fingerprint density at radius 1 is 1.42 bits per heavy atom. The van der Waals surface area contributed by atoms with Crippen LogP contribution in [0, 0.1) is 11.3 Å². The van der Waals surface area contributed by atoms with E-state index < -0.39 is 0 Å². The van der Waals surface area contributed by atoms with E-state index in [4.69, 9.17) is 4.74 Å². The predicted octanol–water partition coefficient (Wildman–Crippen LogP) is 2.34. The molecule has 1 aromatic heterocycles. The van der Waals surface area contributed by atoms with Crippen molar-refractivity contribution in [2.75, 3.05) is 26.8 Å². The van der Waals surface area contributed by atoms with Crippen molar-refractivity contribution >= 4 is 0 Å². The molecule has 0 spiro atoms. The van der Waals surface area contributed by atoms with Gasteiger partial charge >= 0.3 is 0 Å². The van der Waals surface area contributed by atoms with Crippen molar-refractivity contribution in [1.82, 2.24) is 15.1 Å². The van der Waals surface area contributed by atoms with Crippen LogP contribution in [0.5, 0.6) is 0 Å². The lowest BCUT2D eigenvalue weighted by molar-refractivity contribution is 0.186. The van der Waals surface area contributed by atoms with E-state index in [-0.39, 0.29) is 5.41 Å². The lowest BCUT2D eigenvalue weighted by Crippen LogP contribution is -2.34. The van der Waals surface area contributed by atoms with E-state index in [2.05, 4.69) is 44.3 Å². The molecule has 1 heterocycles. The Bertz CT molecular complexity index is 355. The summed E-state index contributed by atoms with van der Waals surface area (Å²) < 4.78 is 7.06. The Balaban J connectivity index is 2.54. The summed E-state index contributed by atoms with van der Waals surface area (Å²) in [7, 11) is 1.74. The molecule has 0 bridgehead atoms. The van der Waals surface area contributed by atoms with Gasteiger partial charge in [0, 0.05) is 26.4 Å². The van der Waals surface area contributed by atoms with Gasteiger partial charge in [0.15, 0.2) is 0 Å². The monoisotopic (exact) mass is 267 g/mol. The summed E-state index contributed by atoms with van der Waals surface area (Å²) in [6.45, 7) is 12.7. The third kappa shape index (κ3) is 5.74. The van der Waals surface area contributed by atoms with E-state index >= 15 is 0 Å². The van der Waals surface area contributed by atoms with Crippen LogP contribution in [0.25, 0.3) is 0 Å². The Hall–Kier alpha value is -0.870. The average molecular weight is 267 g/mol. The maximum atomic E-state index is 5.07. The van der Waals surface area contributed by atoms with Gasteiger partial charge in [-0.2, -0.15) is 5.10 Å². The molecular weight excluding hydrogens is 238 g/mol. The van der Waals surface area contributed by atoms with Crippen LogP contribution in [0.4, 0.5) is 0 Å². The normalized spacial score (nSPS) is 13.7. The lowest BCUT2D eigenvalue weighted by atomic mass is 9.77. The first-order chi connectivity index (χ1) is 8.97. The number of nitrogens with one attached hydrogen (secondary N) is 1. The van der Waals surface area contributed by atoms with Crippen molar-refractivity contribution in [3.8, 4) is 0 Å². The Labute approximate surface area is 117 Å². The van der Waals surface area contributed by atoms with Crippen molar-refractivity contribution < 1.29 is 4.74 Å². The number of rotatable bonds is 8. The molecule has 0 aliphatic heterocycles. The fourth-order valence-electron chi connectivity index (χ4n) is 2.10. The molecule has 4 nitrogen and oxygen atoms in total. The second-order valence-corrected chi connectivity index (χ2v) is 6.17. The summed E-state index contributed by atoms with van der Waals surface area (Å²) in [5.41, 5.74) is 1.62. The molecule has 0 saturated heterocycles. The van der Waals surface area contributed by atoms with Gasteiger partial charge in [0.25, 0.3) is 0 Å². The molecule has 1 atom stereocenters. The summed E-state index contributed by atoms with van der Waals surface area (Å²) in [4.78, 5) is 0. The minimum absolute atomic E-state index is 0.286. The van der Waals surface area contributed by atoms with E-state index in [1.165, 1.54) is 5.56 Å². The minimum Gasteiger partial charge on any atom is -0.383 e. The quantitative estimate of drug-likeness (QED) is 0.735. The van der Waals surface area contributed by atoms with Crippen molar-refractivity contribution in [2.45, 2.75) is 40.7 Å². The maximum Gasteiger partial charge on any atom is 0.0587 e. The molecular formula is C15H29N3O. The zero-order valence-electron chi connectivity index (χ0n) is 13.1. The van der Waals surface area contributed by atoms with E-state index in [9.17, 15) is 0 Å². The number of nitrogens with zero attached hydrogens (tertiary/aromatic N) is 2. The summed E-state index contributed by atoms with van der Waals surface area (Å²) in [5.74, 6) is 0.596. The molecule has 0 aromatic carbocycles. The summed E-state index contributed by atoms with van der Waals surface area (Å²) in [6, 6.07) is 0. The van der Waals surface area contributed by atoms with Crippen LogP contribution >= 0.6 is 0 Å². The Kier molecular flexibility index (Phi) is 6.52. The van der Waals surface area contributed by atoms with Crippen molar-refractivity contribution in [2.24, 2.45) is 11.3 Å². The fourth-order valence-corrected chi connectivity index (χ4v) is 2.10. The SMILES string of the molecule is CCn1cc(CC(CNCCOC)C(C)(C)C)cn1. The predicted molar refractivity (Wildman–Crippen MR) is 79.3 cm³/mol. The molecule has 19 heavy (non-hydrogen) atoms. The smallest absolute Gasteiger partial charge is 0.0587 e. The Morgan fingerprint density at radius 2 is 2.16 bits per heavy atom. The zero-order valence-corrected chi connectivity index (χ0v) is 13.1. The van der Waals surface area contributed by atoms with Crippen LogP contribution in [0.2, 0.25) is 0 Å². The summed E-state index contributed by atoms with van der Waals surface area (Å²) in [6.07, 6.45) is 5.23. The van der Waals surface area contributed by atoms with Gasteiger partial charge in [-0.25, -0.2) is 0 Å². The van der Waals surface area contributed by atoms with Gasteiger partial charge in [-0.3, -0.25) is 4.68 Å². The second kappa shape index (κ2) is 7.65.